The van der Waals surface area contributed by atoms with Crippen LogP contribution in [0.4, 0.5) is 11.6 Å². The number of nitrogens with one attached hydrogen (secondary N) is 1. The molecule has 0 fully saturated rings. The minimum atomic E-state index is -0.949. The van der Waals surface area contributed by atoms with E-state index in [9.17, 15) is 19.3 Å². The normalized spacial score (nSPS) is 12.0. The van der Waals surface area contributed by atoms with Crippen LogP contribution >= 0.6 is 0 Å². The quantitative estimate of drug-likeness (QED) is 0.426. The number of amides is 1. The molecule has 0 unspecified atom stereocenters. The molecule has 0 spiro atoms. The van der Waals surface area contributed by atoms with Crippen LogP contribution in [0.3, 0.4) is 0 Å². The van der Waals surface area contributed by atoms with Crippen LogP contribution in [0, 0.1) is 10.8 Å². The summed E-state index contributed by atoms with van der Waals surface area (Å²) in [5.74, 6) is -1.17. The number of anilines is 2. The van der Waals surface area contributed by atoms with Crippen molar-refractivity contribution < 1.29 is 9.53 Å². The van der Waals surface area contributed by atoms with E-state index in [2.05, 4.69) is 15.5 Å². The number of nitrogens with zero attached hydrogens (tertiary/aromatic N) is 4. The molecular formula is C26H29N5O5. The van der Waals surface area contributed by atoms with E-state index in [1.54, 1.807) is 24.3 Å². The third-order valence-electron chi connectivity index (χ3n) is 5.28. The lowest BCUT2D eigenvalue weighted by molar-refractivity contribution is -0.121. The molecule has 1 N–H and O–H groups in total. The molecule has 0 radical (unpaired) electrons. The number of benzene rings is 2. The summed E-state index contributed by atoms with van der Waals surface area (Å²) in [6, 6.07) is 14.6. The van der Waals surface area contributed by atoms with Crippen molar-refractivity contribution in [1.29, 1.82) is 0 Å². The van der Waals surface area contributed by atoms with Crippen molar-refractivity contribution in [2.45, 2.75) is 46.9 Å². The maximum absolute atomic E-state index is 13.4. The lowest BCUT2D eigenvalue weighted by Crippen LogP contribution is -2.44. The van der Waals surface area contributed by atoms with Crippen molar-refractivity contribution in [3.8, 4) is 5.75 Å². The molecule has 1 aromatic heterocycles. The summed E-state index contributed by atoms with van der Waals surface area (Å²) in [5, 5.41) is 5.43. The topological polar surface area (TPSA) is 125 Å². The minimum absolute atomic E-state index is 0.0196. The fourth-order valence-electron chi connectivity index (χ4n) is 3.49. The second-order valence-corrected chi connectivity index (χ2v) is 8.59. The fourth-order valence-corrected chi connectivity index (χ4v) is 3.49. The van der Waals surface area contributed by atoms with E-state index in [1.807, 2.05) is 57.2 Å². The molecule has 0 saturated carbocycles. The Morgan fingerprint density at radius 2 is 1.72 bits per heavy atom. The second kappa shape index (κ2) is 11.9. The predicted molar refractivity (Wildman–Crippen MR) is 138 cm³/mol. The molecule has 0 saturated heterocycles. The highest BCUT2D eigenvalue weighted by Crippen LogP contribution is 2.20. The molecule has 1 amide bonds. The first-order chi connectivity index (χ1) is 17.2. The number of rotatable bonds is 10. The van der Waals surface area contributed by atoms with Gasteiger partial charge in [0.2, 0.25) is 5.95 Å². The number of hydrogen-bond donors (Lipinski definition) is 1. The number of aromatic nitrogens is 3. The summed E-state index contributed by atoms with van der Waals surface area (Å²) in [4.78, 5) is 52.5. The van der Waals surface area contributed by atoms with Crippen LogP contribution in [-0.4, -0.2) is 26.1 Å². The van der Waals surface area contributed by atoms with Crippen molar-refractivity contribution in [2.75, 3.05) is 5.32 Å². The molecule has 1 heterocycles. The van der Waals surface area contributed by atoms with Crippen LogP contribution < -0.4 is 21.4 Å². The van der Waals surface area contributed by atoms with Gasteiger partial charge in [-0.25, -0.2) is 14.2 Å². The Hall–Kier alpha value is -4.34. The molecule has 0 aliphatic rings. The van der Waals surface area contributed by atoms with E-state index in [-0.39, 0.29) is 25.1 Å². The van der Waals surface area contributed by atoms with Gasteiger partial charge >= 0.3 is 11.4 Å². The van der Waals surface area contributed by atoms with E-state index in [0.29, 0.717) is 11.4 Å². The third kappa shape index (κ3) is 6.62. The second-order valence-electron chi connectivity index (χ2n) is 8.59. The molecule has 2 aromatic carbocycles. The molecule has 10 nitrogen and oxygen atoms in total. The minimum Gasteiger partial charge on any atom is -0.491 e. The smallest absolute Gasteiger partial charge is 0.354 e. The standard InChI is InChI=1S/C26H29N5O5/c1-5-6-19-7-9-20(10-8-19)16-30-24(27-21-11-13-22(14-12-21)36-17(2)3)28-25(33)31(26(30)34)15-18(4)23(32)29-35/h5-14,17-18H,15-16H2,1-4H3,(H,27,28,33)/b6-5+/t18-/m0/s1. The van der Waals surface area contributed by atoms with Gasteiger partial charge in [0.15, 0.2) is 0 Å². The molecular weight excluding hydrogens is 462 g/mol. The molecule has 0 bridgehead atoms. The molecule has 36 heavy (non-hydrogen) atoms. The van der Waals surface area contributed by atoms with E-state index in [4.69, 9.17) is 4.74 Å². The highest BCUT2D eigenvalue weighted by Gasteiger charge is 2.20. The van der Waals surface area contributed by atoms with Gasteiger partial charge in [0.05, 0.1) is 18.6 Å². The van der Waals surface area contributed by atoms with Gasteiger partial charge in [0, 0.05) is 17.4 Å². The lowest BCUT2D eigenvalue weighted by Gasteiger charge is -2.17. The summed E-state index contributed by atoms with van der Waals surface area (Å²) < 4.78 is 7.81. The van der Waals surface area contributed by atoms with Crippen LogP contribution in [0.2, 0.25) is 0 Å². The van der Waals surface area contributed by atoms with Gasteiger partial charge < -0.3 is 10.1 Å². The zero-order valence-corrected chi connectivity index (χ0v) is 20.7. The first kappa shape index (κ1) is 26.3. The Kier molecular flexibility index (Phi) is 8.66. The molecule has 0 aliphatic carbocycles. The monoisotopic (exact) mass is 491 g/mol. The molecule has 188 valence electrons. The van der Waals surface area contributed by atoms with E-state index >= 15 is 0 Å². The van der Waals surface area contributed by atoms with Crippen LogP contribution in [0.25, 0.3) is 6.08 Å². The molecule has 3 aromatic rings. The predicted octanol–water partition coefficient (Wildman–Crippen LogP) is 3.95. The van der Waals surface area contributed by atoms with Crippen LogP contribution in [0.1, 0.15) is 38.8 Å². The Bertz CT molecular complexity index is 1360. The fraction of sp³-hybridized carbons (Fsp3) is 0.308. The number of allylic oxidation sites excluding steroid dienone is 1. The Labute approximate surface area is 208 Å². The highest BCUT2D eigenvalue weighted by molar-refractivity contribution is 5.78. The SMILES string of the molecule is C/C=C/c1ccc(Cn2c(Nc3ccc(OC(C)C)cc3)nc(=O)n(C[C@H](C)C(=O)N=O)c2=O)cc1. The largest absolute Gasteiger partial charge is 0.491 e. The Morgan fingerprint density at radius 3 is 2.31 bits per heavy atom. The summed E-state index contributed by atoms with van der Waals surface area (Å²) in [5.41, 5.74) is 0.904. The average molecular weight is 492 g/mol. The highest BCUT2D eigenvalue weighted by atomic mass is 16.5. The van der Waals surface area contributed by atoms with Gasteiger partial charge in [-0.15, -0.1) is 4.91 Å². The van der Waals surface area contributed by atoms with Gasteiger partial charge in [0.1, 0.15) is 5.75 Å². The van der Waals surface area contributed by atoms with Crippen molar-refractivity contribution in [2.24, 2.45) is 11.1 Å². The maximum atomic E-state index is 13.4. The van der Waals surface area contributed by atoms with Gasteiger partial charge in [-0.1, -0.05) is 43.3 Å². The first-order valence-corrected chi connectivity index (χ1v) is 11.6. The molecule has 3 rings (SSSR count). The zero-order valence-electron chi connectivity index (χ0n) is 20.7. The van der Waals surface area contributed by atoms with Gasteiger partial charge in [-0.3, -0.25) is 9.36 Å². The van der Waals surface area contributed by atoms with E-state index < -0.39 is 23.2 Å². The number of ether oxygens (including phenoxy) is 1. The van der Waals surface area contributed by atoms with E-state index in [1.165, 1.54) is 11.5 Å². The van der Waals surface area contributed by atoms with Gasteiger partial charge in [0.25, 0.3) is 5.91 Å². The number of carbonyl (C=O) groups is 1. The summed E-state index contributed by atoms with van der Waals surface area (Å²) in [6.45, 7) is 7.01. The lowest BCUT2D eigenvalue weighted by atomic mass is 10.1. The number of nitroso groups, excluding NO2 is 1. The van der Waals surface area contributed by atoms with Crippen LogP contribution in [0.5, 0.6) is 5.75 Å². The molecule has 1 atom stereocenters. The van der Waals surface area contributed by atoms with E-state index in [0.717, 1.165) is 15.7 Å². The van der Waals surface area contributed by atoms with Gasteiger partial charge in [-0.05, 0) is 56.2 Å². The first-order valence-electron chi connectivity index (χ1n) is 11.6. The van der Waals surface area contributed by atoms with Crippen LogP contribution in [0.15, 0.2) is 69.4 Å². The third-order valence-corrected chi connectivity index (χ3v) is 5.28. The van der Waals surface area contributed by atoms with Gasteiger partial charge in [-0.2, -0.15) is 4.98 Å². The van der Waals surface area contributed by atoms with Crippen molar-refractivity contribution in [3.05, 3.63) is 91.6 Å². The molecule has 0 aliphatic heterocycles. The zero-order chi connectivity index (χ0) is 26.2. The maximum Gasteiger partial charge on any atom is 0.354 e. The summed E-state index contributed by atoms with van der Waals surface area (Å²) in [7, 11) is 0. The molecule has 10 heteroatoms. The number of carbonyl (C=O) groups excluding carboxylic acids is 1. The van der Waals surface area contributed by atoms with Crippen molar-refractivity contribution >= 4 is 23.6 Å². The Morgan fingerprint density at radius 1 is 1.06 bits per heavy atom. The summed E-state index contributed by atoms with van der Waals surface area (Å²) >= 11 is 0. The summed E-state index contributed by atoms with van der Waals surface area (Å²) in [6.07, 6.45) is 3.90. The van der Waals surface area contributed by atoms with Crippen LogP contribution in [-0.2, 0) is 17.9 Å². The average Bonchev–Trinajstić information content (AvgIpc) is 2.85. The van der Waals surface area contributed by atoms with Crippen molar-refractivity contribution in [3.63, 3.8) is 0 Å². The van der Waals surface area contributed by atoms with Crippen molar-refractivity contribution in [1.82, 2.24) is 14.1 Å². The Balaban J connectivity index is 2.02. The number of hydrogen-bond acceptors (Lipinski definition) is 7.